The van der Waals surface area contributed by atoms with E-state index < -0.39 is 0 Å². The SMILES string of the molecule is CCN(C(=O)CNCC(C)OC)C1CC1. The second-order valence-electron chi connectivity index (χ2n) is 4.09. The quantitative estimate of drug-likeness (QED) is 0.675. The summed E-state index contributed by atoms with van der Waals surface area (Å²) in [5, 5.41) is 3.12. The van der Waals surface area contributed by atoms with Crippen LogP contribution < -0.4 is 5.32 Å². The molecule has 1 rings (SSSR count). The number of amides is 1. The molecular weight excluding hydrogens is 192 g/mol. The first-order valence-corrected chi connectivity index (χ1v) is 5.72. The maximum absolute atomic E-state index is 11.7. The van der Waals surface area contributed by atoms with Gasteiger partial charge in [0.1, 0.15) is 0 Å². The maximum atomic E-state index is 11.7. The van der Waals surface area contributed by atoms with Crippen molar-refractivity contribution in [2.24, 2.45) is 0 Å². The number of carbonyl (C=O) groups excluding carboxylic acids is 1. The lowest BCUT2D eigenvalue weighted by Crippen LogP contribution is -2.41. The number of methoxy groups -OCH3 is 1. The third kappa shape index (κ3) is 4.18. The van der Waals surface area contributed by atoms with Gasteiger partial charge in [-0.3, -0.25) is 4.79 Å². The Hall–Kier alpha value is -0.610. The standard InChI is InChI=1S/C11H22N2O2/c1-4-13(10-5-6-10)11(14)8-12-7-9(2)15-3/h9-10,12H,4-8H2,1-3H3. The molecule has 0 saturated heterocycles. The average molecular weight is 214 g/mol. The average Bonchev–Trinajstić information content (AvgIpc) is 3.03. The van der Waals surface area contributed by atoms with Crippen molar-refractivity contribution in [1.82, 2.24) is 10.2 Å². The highest BCUT2D eigenvalue weighted by molar-refractivity contribution is 5.78. The van der Waals surface area contributed by atoms with Crippen LogP contribution in [0.5, 0.6) is 0 Å². The Morgan fingerprint density at radius 2 is 2.27 bits per heavy atom. The van der Waals surface area contributed by atoms with Crippen LogP contribution >= 0.6 is 0 Å². The van der Waals surface area contributed by atoms with Crippen molar-refractivity contribution >= 4 is 5.91 Å². The lowest BCUT2D eigenvalue weighted by Gasteiger charge is -2.21. The minimum atomic E-state index is 0.161. The minimum Gasteiger partial charge on any atom is -0.380 e. The monoisotopic (exact) mass is 214 g/mol. The molecule has 1 N–H and O–H groups in total. The summed E-state index contributed by atoms with van der Waals surface area (Å²) in [6, 6.07) is 0.518. The Balaban J connectivity index is 2.16. The normalized spacial score (nSPS) is 17.5. The molecule has 0 aromatic heterocycles. The molecule has 88 valence electrons. The number of rotatable bonds is 7. The van der Waals surface area contributed by atoms with Crippen LogP contribution in [0.15, 0.2) is 0 Å². The molecule has 0 bridgehead atoms. The fourth-order valence-corrected chi connectivity index (χ4v) is 1.59. The molecule has 0 aliphatic heterocycles. The molecule has 1 fully saturated rings. The van der Waals surface area contributed by atoms with E-state index in [1.54, 1.807) is 7.11 Å². The number of nitrogens with one attached hydrogen (secondary N) is 1. The van der Waals surface area contributed by atoms with Gasteiger partial charge >= 0.3 is 0 Å². The van der Waals surface area contributed by atoms with E-state index in [0.717, 1.165) is 13.1 Å². The van der Waals surface area contributed by atoms with Crippen LogP contribution in [0.3, 0.4) is 0 Å². The van der Waals surface area contributed by atoms with Crippen LogP contribution in [0.2, 0.25) is 0 Å². The van der Waals surface area contributed by atoms with Crippen LogP contribution in [0, 0.1) is 0 Å². The molecule has 1 unspecified atom stereocenters. The Labute approximate surface area is 92.0 Å². The molecule has 0 aromatic rings. The molecule has 1 saturated carbocycles. The van der Waals surface area contributed by atoms with Gasteiger partial charge < -0.3 is 15.0 Å². The van der Waals surface area contributed by atoms with Crippen LogP contribution in [-0.4, -0.2) is 49.7 Å². The summed E-state index contributed by atoms with van der Waals surface area (Å²) < 4.78 is 5.09. The van der Waals surface area contributed by atoms with Crippen molar-refractivity contribution in [3.63, 3.8) is 0 Å². The van der Waals surface area contributed by atoms with Gasteiger partial charge in [0.15, 0.2) is 0 Å². The smallest absolute Gasteiger partial charge is 0.236 e. The van der Waals surface area contributed by atoms with Crippen LogP contribution in [0.25, 0.3) is 0 Å². The topological polar surface area (TPSA) is 41.6 Å². The van der Waals surface area contributed by atoms with E-state index in [9.17, 15) is 4.79 Å². The van der Waals surface area contributed by atoms with Gasteiger partial charge in [-0.25, -0.2) is 0 Å². The lowest BCUT2D eigenvalue weighted by molar-refractivity contribution is -0.130. The van der Waals surface area contributed by atoms with E-state index >= 15 is 0 Å². The molecule has 4 nitrogen and oxygen atoms in total. The van der Waals surface area contributed by atoms with Gasteiger partial charge in [-0.05, 0) is 26.7 Å². The number of ether oxygens (including phenoxy) is 1. The number of nitrogens with zero attached hydrogens (tertiary/aromatic N) is 1. The van der Waals surface area contributed by atoms with E-state index in [1.165, 1.54) is 12.8 Å². The fraction of sp³-hybridized carbons (Fsp3) is 0.909. The molecule has 1 aliphatic carbocycles. The van der Waals surface area contributed by atoms with E-state index in [2.05, 4.69) is 5.32 Å². The Bertz CT molecular complexity index is 205. The van der Waals surface area contributed by atoms with E-state index in [1.807, 2.05) is 18.7 Å². The molecule has 0 radical (unpaired) electrons. The van der Waals surface area contributed by atoms with Crippen molar-refractivity contribution in [2.75, 3.05) is 26.7 Å². The molecule has 1 amide bonds. The molecule has 1 aliphatic rings. The van der Waals surface area contributed by atoms with Crippen molar-refractivity contribution in [1.29, 1.82) is 0 Å². The van der Waals surface area contributed by atoms with Gasteiger partial charge in [-0.1, -0.05) is 0 Å². The van der Waals surface area contributed by atoms with Gasteiger partial charge in [0.05, 0.1) is 12.6 Å². The van der Waals surface area contributed by atoms with Crippen molar-refractivity contribution in [3.8, 4) is 0 Å². The van der Waals surface area contributed by atoms with Crippen LogP contribution in [-0.2, 0) is 9.53 Å². The predicted octanol–water partition coefficient (Wildman–Crippen LogP) is 0.622. The summed E-state index contributed by atoms with van der Waals surface area (Å²) in [4.78, 5) is 13.7. The molecule has 15 heavy (non-hydrogen) atoms. The zero-order valence-electron chi connectivity index (χ0n) is 9.95. The molecule has 0 spiro atoms. The molecular formula is C11H22N2O2. The highest BCUT2D eigenvalue weighted by Gasteiger charge is 2.30. The second kappa shape index (κ2) is 6.08. The first-order valence-electron chi connectivity index (χ1n) is 5.72. The van der Waals surface area contributed by atoms with Crippen LogP contribution in [0.4, 0.5) is 0 Å². The molecule has 1 atom stereocenters. The summed E-state index contributed by atoms with van der Waals surface area (Å²) in [6.07, 6.45) is 2.51. The summed E-state index contributed by atoms with van der Waals surface area (Å²) in [5.74, 6) is 0.211. The van der Waals surface area contributed by atoms with Crippen molar-refractivity contribution in [2.45, 2.75) is 38.8 Å². The number of carbonyl (C=O) groups is 1. The lowest BCUT2D eigenvalue weighted by atomic mass is 10.4. The first-order chi connectivity index (χ1) is 7.19. The van der Waals surface area contributed by atoms with Crippen molar-refractivity contribution < 1.29 is 9.53 Å². The minimum absolute atomic E-state index is 0.161. The largest absolute Gasteiger partial charge is 0.380 e. The van der Waals surface area contributed by atoms with Gasteiger partial charge in [0.25, 0.3) is 0 Å². The van der Waals surface area contributed by atoms with Crippen molar-refractivity contribution in [3.05, 3.63) is 0 Å². The first kappa shape index (κ1) is 12.5. The maximum Gasteiger partial charge on any atom is 0.236 e. The van der Waals surface area contributed by atoms with Crippen LogP contribution in [0.1, 0.15) is 26.7 Å². The Morgan fingerprint density at radius 1 is 1.60 bits per heavy atom. The zero-order valence-corrected chi connectivity index (χ0v) is 9.95. The predicted molar refractivity (Wildman–Crippen MR) is 59.7 cm³/mol. The Morgan fingerprint density at radius 3 is 2.73 bits per heavy atom. The number of hydrogen-bond donors (Lipinski definition) is 1. The zero-order chi connectivity index (χ0) is 11.3. The highest BCUT2D eigenvalue weighted by Crippen LogP contribution is 2.26. The van der Waals surface area contributed by atoms with Gasteiger partial charge in [0.2, 0.25) is 5.91 Å². The molecule has 4 heteroatoms. The number of hydrogen-bond acceptors (Lipinski definition) is 3. The molecule has 0 heterocycles. The third-order valence-corrected chi connectivity index (χ3v) is 2.76. The van der Waals surface area contributed by atoms with E-state index in [0.29, 0.717) is 12.6 Å². The van der Waals surface area contributed by atoms with Gasteiger partial charge in [-0.2, -0.15) is 0 Å². The summed E-state index contributed by atoms with van der Waals surface area (Å²) >= 11 is 0. The summed E-state index contributed by atoms with van der Waals surface area (Å²) in [5.41, 5.74) is 0. The van der Waals surface area contributed by atoms with Gasteiger partial charge in [-0.15, -0.1) is 0 Å². The third-order valence-electron chi connectivity index (χ3n) is 2.76. The highest BCUT2D eigenvalue weighted by atomic mass is 16.5. The van der Waals surface area contributed by atoms with E-state index in [-0.39, 0.29) is 12.0 Å². The number of likely N-dealkylation sites (N-methyl/N-ethyl adjacent to an activating group) is 1. The van der Waals surface area contributed by atoms with Gasteiger partial charge in [0, 0.05) is 26.2 Å². The molecule has 0 aromatic carbocycles. The second-order valence-corrected chi connectivity index (χ2v) is 4.09. The summed E-state index contributed by atoms with van der Waals surface area (Å²) in [6.45, 7) is 6.00. The van der Waals surface area contributed by atoms with E-state index in [4.69, 9.17) is 4.74 Å². The summed E-state index contributed by atoms with van der Waals surface area (Å²) in [7, 11) is 1.68. The Kier molecular flexibility index (Phi) is 5.05. The fourth-order valence-electron chi connectivity index (χ4n) is 1.59.